The monoisotopic (exact) mass is 212 g/mol. The molecular formula is C13H28N2. The predicted molar refractivity (Wildman–Crippen MR) is 66.9 cm³/mol. The van der Waals surface area contributed by atoms with Crippen LogP contribution in [-0.2, 0) is 0 Å². The van der Waals surface area contributed by atoms with E-state index >= 15 is 0 Å². The number of nitrogens with two attached hydrogens (primary N) is 1. The highest BCUT2D eigenvalue weighted by Crippen LogP contribution is 2.38. The average Bonchev–Trinajstić information content (AvgIpc) is 2.11. The molecule has 2 heteroatoms. The number of rotatable bonds is 3. The number of hydrogen-bond donors (Lipinski definition) is 1. The fraction of sp³-hybridized carbons (Fsp3) is 1.00. The Hall–Kier alpha value is -0.0800. The minimum atomic E-state index is 0.416. The smallest absolute Gasteiger partial charge is 0.00797 e. The Balaban J connectivity index is 2.52. The van der Waals surface area contributed by atoms with Crippen molar-refractivity contribution in [2.45, 2.75) is 59.0 Å². The molecule has 0 aromatic carbocycles. The highest BCUT2D eigenvalue weighted by atomic mass is 15.1. The molecule has 0 heterocycles. The lowest BCUT2D eigenvalue weighted by Gasteiger charge is -2.41. The van der Waals surface area contributed by atoms with Crippen LogP contribution in [0.25, 0.3) is 0 Å². The van der Waals surface area contributed by atoms with E-state index in [-0.39, 0.29) is 0 Å². The Labute approximate surface area is 95.2 Å². The van der Waals surface area contributed by atoms with Crippen LogP contribution in [-0.4, -0.2) is 30.6 Å². The lowest BCUT2D eigenvalue weighted by molar-refractivity contribution is 0.114. The molecule has 0 bridgehead atoms. The van der Waals surface area contributed by atoms with Gasteiger partial charge in [0.2, 0.25) is 0 Å². The minimum Gasteiger partial charge on any atom is -0.327 e. The normalized spacial score (nSPS) is 31.2. The Morgan fingerprint density at radius 3 is 2.53 bits per heavy atom. The van der Waals surface area contributed by atoms with Gasteiger partial charge in [0, 0.05) is 18.6 Å². The van der Waals surface area contributed by atoms with Crippen LogP contribution in [0.2, 0.25) is 0 Å². The van der Waals surface area contributed by atoms with Crippen LogP contribution in [0.4, 0.5) is 0 Å². The van der Waals surface area contributed by atoms with Crippen molar-refractivity contribution in [1.29, 1.82) is 0 Å². The van der Waals surface area contributed by atoms with Gasteiger partial charge in [-0.3, -0.25) is 0 Å². The molecule has 1 fully saturated rings. The summed E-state index contributed by atoms with van der Waals surface area (Å²) in [5.41, 5.74) is 6.72. The van der Waals surface area contributed by atoms with Gasteiger partial charge >= 0.3 is 0 Å². The lowest BCUT2D eigenvalue weighted by atomic mass is 9.70. The van der Waals surface area contributed by atoms with Crippen LogP contribution in [0.1, 0.15) is 47.0 Å². The van der Waals surface area contributed by atoms with Gasteiger partial charge in [0.1, 0.15) is 0 Å². The zero-order valence-electron chi connectivity index (χ0n) is 11.1. The molecule has 0 amide bonds. The van der Waals surface area contributed by atoms with Crippen LogP contribution in [0.3, 0.4) is 0 Å². The topological polar surface area (TPSA) is 29.3 Å². The van der Waals surface area contributed by atoms with Crippen LogP contribution in [0.5, 0.6) is 0 Å². The molecule has 90 valence electrons. The molecule has 2 nitrogen and oxygen atoms in total. The van der Waals surface area contributed by atoms with E-state index in [0.29, 0.717) is 23.4 Å². The highest BCUT2D eigenvalue weighted by Gasteiger charge is 2.33. The third kappa shape index (κ3) is 3.76. The summed E-state index contributed by atoms with van der Waals surface area (Å²) in [6, 6.07) is 1.04. The second-order valence-corrected chi connectivity index (χ2v) is 6.36. The maximum atomic E-state index is 6.22. The van der Waals surface area contributed by atoms with Crippen molar-refractivity contribution < 1.29 is 0 Å². The molecule has 15 heavy (non-hydrogen) atoms. The second-order valence-electron chi connectivity index (χ2n) is 6.36. The van der Waals surface area contributed by atoms with E-state index in [0.717, 1.165) is 6.54 Å². The van der Waals surface area contributed by atoms with Gasteiger partial charge in [-0.25, -0.2) is 0 Å². The minimum absolute atomic E-state index is 0.416. The van der Waals surface area contributed by atoms with Gasteiger partial charge in [-0.15, -0.1) is 0 Å². The first-order valence-corrected chi connectivity index (χ1v) is 6.27. The summed E-state index contributed by atoms with van der Waals surface area (Å²) in [4.78, 5) is 2.42. The first-order valence-electron chi connectivity index (χ1n) is 6.27. The summed E-state index contributed by atoms with van der Waals surface area (Å²) >= 11 is 0. The van der Waals surface area contributed by atoms with Crippen molar-refractivity contribution >= 4 is 0 Å². The van der Waals surface area contributed by atoms with Crippen molar-refractivity contribution in [1.82, 2.24) is 4.90 Å². The predicted octanol–water partition coefficient (Wildman–Crippen LogP) is 2.48. The van der Waals surface area contributed by atoms with Crippen molar-refractivity contribution in [3.63, 3.8) is 0 Å². The summed E-state index contributed by atoms with van der Waals surface area (Å²) in [6.07, 6.45) is 3.77. The SMILES string of the molecule is CC(C)N(C)CC1CC(C)(C)CCC1N. The first kappa shape index (κ1) is 13.0. The van der Waals surface area contributed by atoms with Gasteiger partial charge in [0.05, 0.1) is 0 Å². The fourth-order valence-electron chi connectivity index (χ4n) is 2.54. The molecule has 1 aliphatic rings. The van der Waals surface area contributed by atoms with E-state index in [9.17, 15) is 0 Å². The molecule has 2 N–H and O–H groups in total. The van der Waals surface area contributed by atoms with Crippen LogP contribution in [0, 0.1) is 11.3 Å². The van der Waals surface area contributed by atoms with Gasteiger partial charge < -0.3 is 10.6 Å². The Bertz CT molecular complexity index is 199. The zero-order chi connectivity index (χ0) is 11.6. The van der Waals surface area contributed by atoms with E-state index in [1.54, 1.807) is 0 Å². The van der Waals surface area contributed by atoms with Gasteiger partial charge in [-0.1, -0.05) is 13.8 Å². The molecule has 2 unspecified atom stereocenters. The zero-order valence-corrected chi connectivity index (χ0v) is 11.1. The molecule has 0 aliphatic heterocycles. The highest BCUT2D eigenvalue weighted by molar-refractivity contribution is 4.88. The van der Waals surface area contributed by atoms with Crippen molar-refractivity contribution in [2.75, 3.05) is 13.6 Å². The van der Waals surface area contributed by atoms with E-state index < -0.39 is 0 Å². The van der Waals surface area contributed by atoms with E-state index in [4.69, 9.17) is 5.73 Å². The molecule has 0 radical (unpaired) electrons. The van der Waals surface area contributed by atoms with E-state index in [1.807, 2.05) is 0 Å². The standard InChI is InChI=1S/C13H28N2/c1-10(2)15(5)9-11-8-13(3,4)7-6-12(11)14/h10-12H,6-9,14H2,1-5H3. The molecule has 2 atom stereocenters. The average molecular weight is 212 g/mol. The molecule has 0 aromatic heterocycles. The third-order valence-corrected chi connectivity index (χ3v) is 3.98. The van der Waals surface area contributed by atoms with Crippen LogP contribution >= 0.6 is 0 Å². The lowest BCUT2D eigenvalue weighted by Crippen LogP contribution is -2.45. The largest absolute Gasteiger partial charge is 0.327 e. The molecule has 1 rings (SSSR count). The molecule has 0 saturated heterocycles. The molecule has 1 saturated carbocycles. The van der Waals surface area contributed by atoms with E-state index in [1.165, 1.54) is 19.3 Å². The third-order valence-electron chi connectivity index (χ3n) is 3.98. The van der Waals surface area contributed by atoms with Crippen LogP contribution in [0.15, 0.2) is 0 Å². The summed E-state index contributed by atoms with van der Waals surface area (Å²) in [6.45, 7) is 10.4. The second kappa shape index (κ2) is 4.84. The maximum absolute atomic E-state index is 6.22. The molecular weight excluding hydrogens is 184 g/mol. The Kier molecular flexibility index (Phi) is 4.19. The summed E-state index contributed by atoms with van der Waals surface area (Å²) in [5.74, 6) is 0.682. The van der Waals surface area contributed by atoms with Gasteiger partial charge in [0.15, 0.2) is 0 Å². The van der Waals surface area contributed by atoms with Crippen molar-refractivity contribution in [2.24, 2.45) is 17.1 Å². The maximum Gasteiger partial charge on any atom is 0.00797 e. The summed E-state index contributed by atoms with van der Waals surface area (Å²) in [5, 5.41) is 0. The number of nitrogens with zero attached hydrogens (tertiary/aromatic N) is 1. The van der Waals surface area contributed by atoms with Crippen molar-refractivity contribution in [3.8, 4) is 0 Å². The van der Waals surface area contributed by atoms with Crippen LogP contribution < -0.4 is 5.73 Å². The van der Waals surface area contributed by atoms with Crippen molar-refractivity contribution in [3.05, 3.63) is 0 Å². The Morgan fingerprint density at radius 2 is 2.00 bits per heavy atom. The summed E-state index contributed by atoms with van der Waals surface area (Å²) < 4.78 is 0. The Morgan fingerprint density at radius 1 is 1.40 bits per heavy atom. The fourth-order valence-corrected chi connectivity index (χ4v) is 2.54. The van der Waals surface area contributed by atoms with E-state index in [2.05, 4.69) is 39.6 Å². The van der Waals surface area contributed by atoms with Gasteiger partial charge in [-0.05, 0) is 51.5 Å². The first-order chi connectivity index (χ1) is 6.82. The van der Waals surface area contributed by atoms with Gasteiger partial charge in [0.25, 0.3) is 0 Å². The quantitative estimate of drug-likeness (QED) is 0.779. The summed E-state index contributed by atoms with van der Waals surface area (Å²) in [7, 11) is 2.21. The molecule has 0 aromatic rings. The van der Waals surface area contributed by atoms with Gasteiger partial charge in [-0.2, -0.15) is 0 Å². The molecule has 1 aliphatic carbocycles. The molecule has 0 spiro atoms. The number of hydrogen-bond acceptors (Lipinski definition) is 2.